The molecule has 1 saturated heterocycles. The van der Waals surface area contributed by atoms with Crippen LogP contribution in [-0.2, 0) is 14.8 Å². The van der Waals surface area contributed by atoms with E-state index in [1.807, 2.05) is 32.0 Å². The summed E-state index contributed by atoms with van der Waals surface area (Å²) in [5, 5.41) is 3.33. The maximum absolute atomic E-state index is 12.9. The summed E-state index contributed by atoms with van der Waals surface area (Å²) in [4.78, 5) is 12.9. The molecule has 0 radical (unpaired) electrons. The highest BCUT2D eigenvalue weighted by Crippen LogP contribution is 2.28. The SMILES string of the molecule is Cc1cc(C)cc(NC(=O)[C@H]2CCCN2S(=O)(=O)c2ccc(Cl)cc2)c1. The van der Waals surface area contributed by atoms with Crippen molar-refractivity contribution >= 4 is 33.2 Å². The Labute approximate surface area is 159 Å². The van der Waals surface area contributed by atoms with Crippen LogP contribution in [0.4, 0.5) is 5.69 Å². The van der Waals surface area contributed by atoms with E-state index in [-0.39, 0.29) is 10.8 Å². The van der Waals surface area contributed by atoms with E-state index in [4.69, 9.17) is 11.6 Å². The number of hydrogen-bond donors (Lipinski definition) is 1. The Balaban J connectivity index is 1.83. The van der Waals surface area contributed by atoms with E-state index in [0.717, 1.165) is 11.1 Å². The molecule has 1 N–H and O–H groups in total. The van der Waals surface area contributed by atoms with E-state index in [1.165, 1.54) is 28.6 Å². The van der Waals surface area contributed by atoms with Gasteiger partial charge in [-0.3, -0.25) is 4.79 Å². The van der Waals surface area contributed by atoms with E-state index >= 15 is 0 Å². The average Bonchev–Trinajstić information content (AvgIpc) is 3.05. The smallest absolute Gasteiger partial charge is 0.243 e. The Hall–Kier alpha value is -1.89. The molecule has 1 amide bonds. The summed E-state index contributed by atoms with van der Waals surface area (Å²) in [7, 11) is -3.74. The van der Waals surface area contributed by atoms with Crippen LogP contribution in [0.3, 0.4) is 0 Å². The summed E-state index contributed by atoms with van der Waals surface area (Å²) >= 11 is 5.84. The highest BCUT2D eigenvalue weighted by molar-refractivity contribution is 7.89. The van der Waals surface area contributed by atoms with Crippen LogP contribution < -0.4 is 5.32 Å². The number of aryl methyl sites for hydroxylation is 2. The number of anilines is 1. The first-order chi connectivity index (χ1) is 12.3. The lowest BCUT2D eigenvalue weighted by atomic mass is 10.1. The summed E-state index contributed by atoms with van der Waals surface area (Å²) in [6.07, 6.45) is 1.15. The average molecular weight is 393 g/mol. The van der Waals surface area contributed by atoms with Crippen molar-refractivity contribution in [2.45, 2.75) is 37.6 Å². The number of carbonyl (C=O) groups is 1. The minimum atomic E-state index is -3.74. The van der Waals surface area contributed by atoms with Crippen molar-refractivity contribution in [3.05, 3.63) is 58.6 Å². The van der Waals surface area contributed by atoms with E-state index in [0.29, 0.717) is 30.1 Å². The molecule has 5 nitrogen and oxygen atoms in total. The summed E-state index contributed by atoms with van der Waals surface area (Å²) < 4.78 is 27.1. The molecule has 0 saturated carbocycles. The molecular formula is C19H21ClN2O3S. The first kappa shape index (κ1) is 18.9. The van der Waals surface area contributed by atoms with Gasteiger partial charge in [0.1, 0.15) is 6.04 Å². The number of hydrogen-bond acceptors (Lipinski definition) is 3. The van der Waals surface area contributed by atoms with Crippen LogP contribution in [-0.4, -0.2) is 31.2 Å². The molecule has 0 aromatic heterocycles. The van der Waals surface area contributed by atoms with Gasteiger partial charge in [-0.25, -0.2) is 8.42 Å². The standard InChI is InChI=1S/C19H21ClN2O3S/c1-13-10-14(2)12-16(11-13)21-19(23)18-4-3-9-22(18)26(24,25)17-7-5-15(20)6-8-17/h5-8,10-12,18H,3-4,9H2,1-2H3,(H,21,23)/t18-/m1/s1. The molecule has 0 unspecified atom stereocenters. The molecule has 26 heavy (non-hydrogen) atoms. The zero-order valence-corrected chi connectivity index (χ0v) is 16.3. The Kier molecular flexibility index (Phi) is 5.37. The van der Waals surface area contributed by atoms with Crippen molar-refractivity contribution < 1.29 is 13.2 Å². The molecule has 1 heterocycles. The van der Waals surface area contributed by atoms with Crippen molar-refractivity contribution in [1.82, 2.24) is 4.31 Å². The summed E-state index contributed by atoms with van der Waals surface area (Å²) in [5.74, 6) is -0.301. The van der Waals surface area contributed by atoms with Gasteiger partial charge in [-0.05, 0) is 74.2 Å². The lowest BCUT2D eigenvalue weighted by Crippen LogP contribution is -2.43. The van der Waals surface area contributed by atoms with Crippen LogP contribution >= 0.6 is 11.6 Å². The van der Waals surface area contributed by atoms with E-state index in [1.54, 1.807) is 0 Å². The lowest BCUT2D eigenvalue weighted by molar-refractivity contribution is -0.119. The van der Waals surface area contributed by atoms with Crippen LogP contribution in [0.15, 0.2) is 47.4 Å². The first-order valence-corrected chi connectivity index (χ1v) is 10.3. The fraction of sp³-hybridized carbons (Fsp3) is 0.316. The molecule has 138 valence electrons. The molecule has 1 aliphatic rings. The fourth-order valence-electron chi connectivity index (χ4n) is 3.30. The third kappa shape index (κ3) is 3.92. The fourth-order valence-corrected chi connectivity index (χ4v) is 5.09. The van der Waals surface area contributed by atoms with E-state index < -0.39 is 16.1 Å². The minimum absolute atomic E-state index is 0.146. The van der Waals surface area contributed by atoms with Crippen LogP contribution in [0.2, 0.25) is 5.02 Å². The first-order valence-electron chi connectivity index (χ1n) is 8.44. The second-order valence-electron chi connectivity index (χ2n) is 6.59. The molecule has 7 heteroatoms. The highest BCUT2D eigenvalue weighted by atomic mass is 35.5. The van der Waals surface area contributed by atoms with Gasteiger partial charge in [0.05, 0.1) is 4.90 Å². The molecular weight excluding hydrogens is 372 g/mol. The predicted molar refractivity (Wildman–Crippen MR) is 103 cm³/mol. The Bertz CT molecular complexity index is 906. The monoisotopic (exact) mass is 392 g/mol. The number of rotatable bonds is 4. The second kappa shape index (κ2) is 7.39. The van der Waals surface area contributed by atoms with Crippen LogP contribution in [0.1, 0.15) is 24.0 Å². The zero-order valence-electron chi connectivity index (χ0n) is 14.7. The summed E-state index contributed by atoms with van der Waals surface area (Å²) in [6, 6.07) is 11.1. The van der Waals surface area contributed by atoms with Gasteiger partial charge in [0, 0.05) is 17.3 Å². The van der Waals surface area contributed by atoms with E-state index in [9.17, 15) is 13.2 Å². The number of halogens is 1. The van der Waals surface area contributed by atoms with Gasteiger partial charge in [-0.1, -0.05) is 17.7 Å². The topological polar surface area (TPSA) is 66.5 Å². The molecule has 2 aromatic carbocycles. The van der Waals surface area contributed by atoms with Crippen molar-refractivity contribution in [2.75, 3.05) is 11.9 Å². The van der Waals surface area contributed by atoms with E-state index in [2.05, 4.69) is 5.32 Å². The van der Waals surface area contributed by atoms with Gasteiger partial charge in [0.2, 0.25) is 15.9 Å². The molecule has 0 spiro atoms. The highest BCUT2D eigenvalue weighted by Gasteiger charge is 2.39. The number of benzene rings is 2. The normalized spacial score (nSPS) is 18.0. The van der Waals surface area contributed by atoms with Crippen molar-refractivity contribution in [2.24, 2.45) is 0 Å². The Morgan fingerprint density at radius 3 is 2.35 bits per heavy atom. The molecule has 1 fully saturated rings. The lowest BCUT2D eigenvalue weighted by Gasteiger charge is -2.23. The van der Waals surface area contributed by atoms with Crippen molar-refractivity contribution in [1.29, 1.82) is 0 Å². The molecule has 1 aliphatic heterocycles. The number of nitrogens with zero attached hydrogens (tertiary/aromatic N) is 1. The van der Waals surface area contributed by atoms with Crippen LogP contribution in [0.25, 0.3) is 0 Å². The minimum Gasteiger partial charge on any atom is -0.325 e. The number of nitrogens with one attached hydrogen (secondary N) is 1. The number of amides is 1. The van der Waals surface area contributed by atoms with Crippen LogP contribution in [0, 0.1) is 13.8 Å². The molecule has 0 bridgehead atoms. The maximum Gasteiger partial charge on any atom is 0.243 e. The Morgan fingerprint density at radius 2 is 1.73 bits per heavy atom. The number of sulfonamides is 1. The molecule has 3 rings (SSSR count). The largest absolute Gasteiger partial charge is 0.325 e. The molecule has 2 aromatic rings. The summed E-state index contributed by atoms with van der Waals surface area (Å²) in [5.41, 5.74) is 2.76. The van der Waals surface area contributed by atoms with Gasteiger partial charge in [0.15, 0.2) is 0 Å². The maximum atomic E-state index is 12.9. The predicted octanol–water partition coefficient (Wildman–Crippen LogP) is 3.75. The Morgan fingerprint density at radius 1 is 1.12 bits per heavy atom. The van der Waals surface area contributed by atoms with Crippen LogP contribution in [0.5, 0.6) is 0 Å². The molecule has 1 atom stereocenters. The van der Waals surface area contributed by atoms with Gasteiger partial charge in [0.25, 0.3) is 0 Å². The van der Waals surface area contributed by atoms with Crippen molar-refractivity contribution in [3.63, 3.8) is 0 Å². The zero-order chi connectivity index (χ0) is 18.9. The second-order valence-corrected chi connectivity index (χ2v) is 8.92. The van der Waals surface area contributed by atoms with Crippen molar-refractivity contribution in [3.8, 4) is 0 Å². The van der Waals surface area contributed by atoms with Gasteiger partial charge in [-0.2, -0.15) is 4.31 Å². The van der Waals surface area contributed by atoms with Gasteiger partial charge < -0.3 is 5.32 Å². The van der Waals surface area contributed by atoms with Gasteiger partial charge >= 0.3 is 0 Å². The quantitative estimate of drug-likeness (QED) is 0.861. The third-order valence-corrected chi connectivity index (χ3v) is 6.59. The summed E-state index contributed by atoms with van der Waals surface area (Å²) in [6.45, 7) is 4.24. The molecule has 0 aliphatic carbocycles. The number of carbonyl (C=O) groups excluding carboxylic acids is 1. The van der Waals surface area contributed by atoms with Gasteiger partial charge in [-0.15, -0.1) is 0 Å². The third-order valence-electron chi connectivity index (χ3n) is 4.42.